The minimum Gasteiger partial charge on any atom is -0.365 e. The summed E-state index contributed by atoms with van der Waals surface area (Å²) < 4.78 is 0. The Hall–Kier alpha value is -1.00. The van der Waals surface area contributed by atoms with Crippen molar-refractivity contribution in [2.75, 3.05) is 18.8 Å². The van der Waals surface area contributed by atoms with Crippen molar-refractivity contribution in [1.29, 1.82) is 0 Å². The van der Waals surface area contributed by atoms with Crippen LogP contribution in [-0.2, 0) is 5.72 Å². The van der Waals surface area contributed by atoms with Crippen LogP contribution in [0.2, 0.25) is 0 Å². The molecular weight excluding hydrogens is 244 g/mol. The molecule has 1 atom stereocenters. The summed E-state index contributed by atoms with van der Waals surface area (Å²) >= 11 is 1.68. The summed E-state index contributed by atoms with van der Waals surface area (Å²) in [5.41, 5.74) is -0.136. The van der Waals surface area contributed by atoms with Crippen LogP contribution in [-0.4, -0.2) is 34.0 Å². The summed E-state index contributed by atoms with van der Waals surface area (Å²) in [5.74, 6) is 0.628. The molecule has 0 saturated carbocycles. The molecule has 3 nitrogen and oxygen atoms in total. The number of piperidine rings is 1. The average Bonchev–Trinajstić information content (AvgIpc) is 2.85. The molecule has 96 valence electrons. The lowest BCUT2D eigenvalue weighted by Gasteiger charge is -2.27. The van der Waals surface area contributed by atoms with Crippen molar-refractivity contribution < 1.29 is 5.11 Å². The van der Waals surface area contributed by atoms with Crippen molar-refractivity contribution in [2.45, 2.75) is 25.0 Å². The topological polar surface area (TPSA) is 35.8 Å². The van der Waals surface area contributed by atoms with Crippen molar-refractivity contribution in [3.05, 3.63) is 35.9 Å². The lowest BCUT2D eigenvalue weighted by atomic mass is 10.1. The summed E-state index contributed by atoms with van der Waals surface area (Å²) in [7, 11) is 0. The van der Waals surface area contributed by atoms with Crippen LogP contribution in [0.3, 0.4) is 0 Å². The third-order valence-electron chi connectivity index (χ3n) is 3.55. The molecule has 1 saturated heterocycles. The first-order chi connectivity index (χ1) is 8.78. The van der Waals surface area contributed by atoms with E-state index in [4.69, 9.17) is 0 Å². The fourth-order valence-corrected chi connectivity index (χ4v) is 3.63. The molecule has 18 heavy (non-hydrogen) atoms. The standard InChI is InChI=1S/C14H18N2OS/c17-14(12-7-3-1-4-8-12)11-18-13(15-14)16-9-5-2-6-10-16/h1,3-4,7-8,17H,2,5-6,9-11H2. The number of thioether (sulfide) groups is 1. The molecule has 2 heterocycles. The highest BCUT2D eigenvalue weighted by Crippen LogP contribution is 2.36. The van der Waals surface area contributed by atoms with Gasteiger partial charge in [0.05, 0.1) is 5.75 Å². The number of benzene rings is 1. The van der Waals surface area contributed by atoms with Gasteiger partial charge < -0.3 is 10.0 Å². The van der Waals surface area contributed by atoms with E-state index in [1.165, 1.54) is 19.3 Å². The summed E-state index contributed by atoms with van der Waals surface area (Å²) in [6.45, 7) is 2.16. The van der Waals surface area contributed by atoms with Crippen molar-refractivity contribution in [3.8, 4) is 0 Å². The maximum atomic E-state index is 10.6. The van der Waals surface area contributed by atoms with Gasteiger partial charge >= 0.3 is 0 Å². The quantitative estimate of drug-likeness (QED) is 0.844. The van der Waals surface area contributed by atoms with Gasteiger partial charge in [0.25, 0.3) is 0 Å². The minimum atomic E-state index is -1.03. The van der Waals surface area contributed by atoms with Gasteiger partial charge in [-0.05, 0) is 19.3 Å². The van der Waals surface area contributed by atoms with Crippen LogP contribution in [0.4, 0.5) is 0 Å². The van der Waals surface area contributed by atoms with E-state index in [-0.39, 0.29) is 0 Å². The van der Waals surface area contributed by atoms with E-state index >= 15 is 0 Å². The van der Waals surface area contributed by atoms with Crippen molar-refractivity contribution in [3.63, 3.8) is 0 Å². The smallest absolute Gasteiger partial charge is 0.194 e. The first kappa shape index (κ1) is 12.1. The fourth-order valence-electron chi connectivity index (χ4n) is 2.49. The first-order valence-corrected chi connectivity index (χ1v) is 7.52. The Balaban J connectivity index is 1.81. The summed E-state index contributed by atoms with van der Waals surface area (Å²) in [6.07, 6.45) is 3.80. The molecule has 3 rings (SSSR count). The molecule has 1 fully saturated rings. The van der Waals surface area contributed by atoms with Crippen molar-refractivity contribution in [1.82, 2.24) is 4.90 Å². The predicted octanol–water partition coefficient (Wildman–Crippen LogP) is 2.42. The van der Waals surface area contributed by atoms with Gasteiger partial charge in [0.15, 0.2) is 10.9 Å². The predicted molar refractivity (Wildman–Crippen MR) is 75.7 cm³/mol. The zero-order valence-electron chi connectivity index (χ0n) is 10.4. The maximum Gasteiger partial charge on any atom is 0.194 e. The summed E-state index contributed by atoms with van der Waals surface area (Å²) in [4.78, 5) is 6.89. The molecule has 1 unspecified atom stereocenters. The van der Waals surface area contributed by atoms with Gasteiger partial charge in [0.1, 0.15) is 0 Å². The molecule has 0 aliphatic carbocycles. The van der Waals surface area contributed by atoms with Gasteiger partial charge in [-0.25, -0.2) is 4.99 Å². The van der Waals surface area contributed by atoms with Crippen LogP contribution in [0, 0.1) is 0 Å². The number of aliphatic hydroxyl groups is 1. The molecule has 0 bridgehead atoms. The summed E-state index contributed by atoms with van der Waals surface area (Å²) in [5, 5.41) is 11.6. The molecule has 1 aromatic rings. The minimum absolute atomic E-state index is 0.628. The van der Waals surface area contributed by atoms with E-state index in [1.807, 2.05) is 30.3 Å². The highest BCUT2D eigenvalue weighted by Gasteiger charge is 2.36. The normalized spacial score (nSPS) is 28.3. The van der Waals surface area contributed by atoms with Gasteiger partial charge in [-0.2, -0.15) is 0 Å². The largest absolute Gasteiger partial charge is 0.365 e. The van der Waals surface area contributed by atoms with Gasteiger partial charge in [0.2, 0.25) is 0 Å². The van der Waals surface area contributed by atoms with Crippen molar-refractivity contribution in [2.24, 2.45) is 4.99 Å². The lowest BCUT2D eigenvalue weighted by Crippen LogP contribution is -2.33. The number of hydrogen-bond acceptors (Lipinski definition) is 4. The van der Waals surface area contributed by atoms with Crippen molar-refractivity contribution >= 4 is 16.9 Å². The molecule has 2 aliphatic rings. The van der Waals surface area contributed by atoms with Gasteiger partial charge in [-0.15, -0.1) is 0 Å². The van der Waals surface area contributed by atoms with E-state index in [1.54, 1.807) is 11.8 Å². The third-order valence-corrected chi connectivity index (χ3v) is 4.70. The Labute approximate surface area is 112 Å². The van der Waals surface area contributed by atoms with Gasteiger partial charge in [-0.3, -0.25) is 0 Å². The number of aliphatic imine (C=N–C) groups is 1. The average molecular weight is 262 g/mol. The molecule has 1 N–H and O–H groups in total. The highest BCUT2D eigenvalue weighted by atomic mass is 32.2. The van der Waals surface area contributed by atoms with Crippen LogP contribution in [0.25, 0.3) is 0 Å². The Morgan fingerprint density at radius 3 is 2.56 bits per heavy atom. The van der Waals surface area contributed by atoms with E-state index in [0.717, 1.165) is 23.8 Å². The third kappa shape index (κ3) is 2.27. The van der Waals surface area contributed by atoms with Crippen LogP contribution in [0.5, 0.6) is 0 Å². The lowest BCUT2D eigenvalue weighted by molar-refractivity contribution is 0.0746. The zero-order valence-corrected chi connectivity index (χ0v) is 11.2. The summed E-state index contributed by atoms with van der Waals surface area (Å²) in [6, 6.07) is 9.76. The zero-order chi connectivity index (χ0) is 12.4. The van der Waals surface area contributed by atoms with Gasteiger partial charge in [0, 0.05) is 18.7 Å². The Bertz CT molecular complexity index is 442. The van der Waals surface area contributed by atoms with Gasteiger partial charge in [-0.1, -0.05) is 42.1 Å². The van der Waals surface area contributed by atoms with Crippen LogP contribution >= 0.6 is 11.8 Å². The number of nitrogens with zero attached hydrogens (tertiary/aromatic N) is 2. The Morgan fingerprint density at radius 2 is 1.83 bits per heavy atom. The molecular formula is C14H18N2OS. The fraction of sp³-hybridized carbons (Fsp3) is 0.500. The van der Waals surface area contributed by atoms with E-state index < -0.39 is 5.72 Å². The second kappa shape index (κ2) is 4.94. The van der Waals surface area contributed by atoms with Crippen LogP contribution < -0.4 is 0 Å². The second-order valence-electron chi connectivity index (χ2n) is 4.91. The number of rotatable bonds is 1. The van der Waals surface area contributed by atoms with E-state index in [9.17, 15) is 5.11 Å². The number of amidine groups is 1. The Kier molecular flexibility index (Phi) is 3.31. The molecule has 0 spiro atoms. The molecule has 2 aliphatic heterocycles. The molecule has 1 aromatic carbocycles. The maximum absolute atomic E-state index is 10.6. The molecule has 0 amide bonds. The van der Waals surface area contributed by atoms with Crippen LogP contribution in [0.1, 0.15) is 24.8 Å². The molecule has 0 radical (unpaired) electrons. The second-order valence-corrected chi connectivity index (χ2v) is 5.86. The SMILES string of the molecule is OC1(c2ccccc2)CSC(N2CCCCC2)=N1. The first-order valence-electron chi connectivity index (χ1n) is 6.53. The van der Waals surface area contributed by atoms with E-state index in [0.29, 0.717) is 5.75 Å². The molecule has 0 aromatic heterocycles. The Morgan fingerprint density at radius 1 is 1.11 bits per heavy atom. The number of hydrogen-bond donors (Lipinski definition) is 1. The number of likely N-dealkylation sites (tertiary alicyclic amines) is 1. The monoisotopic (exact) mass is 262 g/mol. The molecule has 4 heteroatoms. The van der Waals surface area contributed by atoms with Crippen LogP contribution in [0.15, 0.2) is 35.3 Å². The highest BCUT2D eigenvalue weighted by molar-refractivity contribution is 8.14. The van der Waals surface area contributed by atoms with E-state index in [2.05, 4.69) is 9.89 Å².